The summed E-state index contributed by atoms with van der Waals surface area (Å²) in [6, 6.07) is 5.88. The minimum atomic E-state index is -0.130. The van der Waals surface area contributed by atoms with Crippen molar-refractivity contribution in [3.63, 3.8) is 0 Å². The van der Waals surface area contributed by atoms with Crippen LogP contribution < -0.4 is 10.2 Å². The van der Waals surface area contributed by atoms with Gasteiger partial charge in [-0.05, 0) is 48.4 Å². The Balaban J connectivity index is 1.78. The van der Waals surface area contributed by atoms with E-state index in [1.165, 1.54) is 24.9 Å². The maximum Gasteiger partial charge on any atom is 0.123 e. The van der Waals surface area contributed by atoms with Crippen LogP contribution in [0.2, 0.25) is 0 Å². The van der Waals surface area contributed by atoms with Crippen LogP contribution in [0.15, 0.2) is 18.2 Å². The van der Waals surface area contributed by atoms with E-state index in [9.17, 15) is 4.39 Å². The zero-order valence-electron chi connectivity index (χ0n) is 11.9. The number of anilines is 1. The molecule has 1 N–H and O–H groups in total. The van der Waals surface area contributed by atoms with Gasteiger partial charge in [0.05, 0.1) is 0 Å². The quantitative estimate of drug-likeness (QED) is 0.895. The van der Waals surface area contributed by atoms with Gasteiger partial charge in [-0.15, -0.1) is 0 Å². The molecule has 1 aliphatic heterocycles. The van der Waals surface area contributed by atoms with Crippen LogP contribution in [0.25, 0.3) is 0 Å². The minimum Gasteiger partial charge on any atom is -0.371 e. The van der Waals surface area contributed by atoms with Gasteiger partial charge in [-0.1, -0.05) is 13.8 Å². The molecule has 0 spiro atoms. The maximum absolute atomic E-state index is 13.5. The summed E-state index contributed by atoms with van der Waals surface area (Å²) in [6.07, 6.45) is 3.74. The van der Waals surface area contributed by atoms with Crippen molar-refractivity contribution in [1.82, 2.24) is 5.32 Å². The van der Waals surface area contributed by atoms with Gasteiger partial charge in [0.25, 0.3) is 0 Å². The van der Waals surface area contributed by atoms with Crippen LogP contribution in [0.1, 0.15) is 38.7 Å². The SMILES string of the molecule is CC1(C)CCN(c2ccc(F)cc2CNC2CC2)C1. The van der Waals surface area contributed by atoms with E-state index in [1.54, 1.807) is 12.1 Å². The highest BCUT2D eigenvalue weighted by molar-refractivity contribution is 5.55. The van der Waals surface area contributed by atoms with E-state index in [4.69, 9.17) is 0 Å². The molecule has 1 aromatic rings. The fourth-order valence-electron chi connectivity index (χ4n) is 2.86. The summed E-state index contributed by atoms with van der Waals surface area (Å²) in [5, 5.41) is 3.49. The van der Waals surface area contributed by atoms with Crippen molar-refractivity contribution in [2.24, 2.45) is 5.41 Å². The molecular formula is C16H23FN2. The topological polar surface area (TPSA) is 15.3 Å². The smallest absolute Gasteiger partial charge is 0.123 e. The predicted molar refractivity (Wildman–Crippen MR) is 76.9 cm³/mol. The van der Waals surface area contributed by atoms with E-state index >= 15 is 0 Å². The lowest BCUT2D eigenvalue weighted by Crippen LogP contribution is -2.25. The van der Waals surface area contributed by atoms with Gasteiger partial charge in [0.2, 0.25) is 0 Å². The molecule has 3 rings (SSSR count). The molecule has 1 aliphatic carbocycles. The van der Waals surface area contributed by atoms with Gasteiger partial charge in [0.15, 0.2) is 0 Å². The van der Waals surface area contributed by atoms with E-state index in [2.05, 4.69) is 24.1 Å². The summed E-state index contributed by atoms with van der Waals surface area (Å²) in [5.41, 5.74) is 2.68. The molecule has 19 heavy (non-hydrogen) atoms. The maximum atomic E-state index is 13.5. The summed E-state index contributed by atoms with van der Waals surface area (Å²) in [7, 11) is 0. The normalized spacial score (nSPS) is 21.9. The Hall–Kier alpha value is -1.09. The lowest BCUT2D eigenvalue weighted by molar-refractivity contribution is 0.418. The Labute approximate surface area is 115 Å². The van der Waals surface area contributed by atoms with Crippen molar-refractivity contribution < 1.29 is 4.39 Å². The van der Waals surface area contributed by atoms with Gasteiger partial charge in [-0.25, -0.2) is 4.39 Å². The van der Waals surface area contributed by atoms with Crippen LogP contribution in [0.4, 0.5) is 10.1 Å². The monoisotopic (exact) mass is 262 g/mol. The van der Waals surface area contributed by atoms with Crippen molar-refractivity contribution in [3.8, 4) is 0 Å². The Morgan fingerprint density at radius 1 is 1.37 bits per heavy atom. The standard InChI is InChI=1S/C16H23FN2/c1-16(2)7-8-19(11-16)15-6-3-13(17)9-12(15)10-18-14-4-5-14/h3,6,9,14,18H,4-5,7-8,10-11H2,1-2H3. The molecule has 104 valence electrons. The lowest BCUT2D eigenvalue weighted by Gasteiger charge is -2.24. The largest absolute Gasteiger partial charge is 0.371 e. The second-order valence-corrected chi connectivity index (χ2v) is 6.76. The number of hydrogen-bond acceptors (Lipinski definition) is 2. The molecular weight excluding hydrogens is 239 g/mol. The molecule has 0 aromatic heterocycles. The minimum absolute atomic E-state index is 0.130. The highest BCUT2D eigenvalue weighted by Crippen LogP contribution is 2.34. The molecule has 0 radical (unpaired) electrons. The second kappa shape index (κ2) is 4.78. The fraction of sp³-hybridized carbons (Fsp3) is 0.625. The zero-order chi connectivity index (χ0) is 13.5. The molecule has 1 saturated carbocycles. The summed E-state index contributed by atoms with van der Waals surface area (Å²) < 4.78 is 13.5. The number of nitrogens with zero attached hydrogens (tertiary/aromatic N) is 1. The van der Waals surface area contributed by atoms with Crippen LogP contribution in [0.5, 0.6) is 0 Å². The van der Waals surface area contributed by atoms with Gasteiger partial charge < -0.3 is 10.2 Å². The first-order chi connectivity index (χ1) is 9.03. The summed E-state index contributed by atoms with van der Waals surface area (Å²) in [5.74, 6) is -0.130. The molecule has 1 heterocycles. The molecule has 0 bridgehead atoms. The van der Waals surface area contributed by atoms with Gasteiger partial charge in [-0.3, -0.25) is 0 Å². The Morgan fingerprint density at radius 2 is 2.16 bits per heavy atom. The number of hydrogen-bond donors (Lipinski definition) is 1. The highest BCUT2D eigenvalue weighted by atomic mass is 19.1. The van der Waals surface area contributed by atoms with Crippen LogP contribution in [-0.2, 0) is 6.54 Å². The van der Waals surface area contributed by atoms with Crippen LogP contribution in [0, 0.1) is 11.2 Å². The van der Waals surface area contributed by atoms with Gasteiger partial charge >= 0.3 is 0 Å². The van der Waals surface area contributed by atoms with E-state index in [0.29, 0.717) is 11.5 Å². The van der Waals surface area contributed by atoms with Gasteiger partial charge in [-0.2, -0.15) is 0 Å². The first-order valence-corrected chi connectivity index (χ1v) is 7.30. The number of halogens is 1. The summed E-state index contributed by atoms with van der Waals surface area (Å²) in [4.78, 5) is 2.41. The Kier molecular flexibility index (Phi) is 3.25. The molecule has 3 heteroatoms. The second-order valence-electron chi connectivity index (χ2n) is 6.76. The summed E-state index contributed by atoms with van der Waals surface area (Å²) >= 11 is 0. The fourth-order valence-corrected chi connectivity index (χ4v) is 2.86. The third kappa shape index (κ3) is 3.08. The Morgan fingerprint density at radius 3 is 2.79 bits per heavy atom. The predicted octanol–water partition coefficient (Wildman–Crippen LogP) is 3.31. The third-order valence-electron chi connectivity index (χ3n) is 4.22. The zero-order valence-corrected chi connectivity index (χ0v) is 11.9. The highest BCUT2D eigenvalue weighted by Gasteiger charge is 2.30. The molecule has 2 fully saturated rings. The molecule has 2 nitrogen and oxygen atoms in total. The Bertz CT molecular complexity index is 466. The average Bonchev–Trinajstić information content (AvgIpc) is 3.10. The number of benzene rings is 1. The van der Waals surface area contributed by atoms with Crippen LogP contribution >= 0.6 is 0 Å². The lowest BCUT2D eigenvalue weighted by atomic mass is 9.93. The van der Waals surface area contributed by atoms with E-state index in [1.807, 2.05) is 6.07 Å². The first kappa shape index (κ1) is 12.9. The summed E-state index contributed by atoms with van der Waals surface area (Å²) in [6.45, 7) is 7.54. The molecule has 0 atom stereocenters. The number of rotatable bonds is 4. The third-order valence-corrected chi connectivity index (χ3v) is 4.22. The molecule has 2 aliphatic rings. The van der Waals surface area contributed by atoms with Crippen molar-refractivity contribution in [3.05, 3.63) is 29.6 Å². The first-order valence-electron chi connectivity index (χ1n) is 7.30. The average molecular weight is 262 g/mol. The van der Waals surface area contributed by atoms with Gasteiger partial charge in [0.1, 0.15) is 5.82 Å². The van der Waals surface area contributed by atoms with Crippen LogP contribution in [0.3, 0.4) is 0 Å². The van der Waals surface area contributed by atoms with Crippen molar-refractivity contribution in [1.29, 1.82) is 0 Å². The molecule has 0 amide bonds. The number of nitrogens with one attached hydrogen (secondary N) is 1. The van der Waals surface area contributed by atoms with Gasteiger partial charge in [0, 0.05) is 31.4 Å². The molecule has 1 aromatic carbocycles. The van der Waals surface area contributed by atoms with E-state index in [-0.39, 0.29) is 5.82 Å². The van der Waals surface area contributed by atoms with Crippen molar-refractivity contribution in [2.75, 3.05) is 18.0 Å². The van der Waals surface area contributed by atoms with Crippen LogP contribution in [-0.4, -0.2) is 19.1 Å². The molecule has 1 saturated heterocycles. The van der Waals surface area contributed by atoms with Crippen molar-refractivity contribution >= 4 is 5.69 Å². The van der Waals surface area contributed by atoms with E-state index < -0.39 is 0 Å². The van der Waals surface area contributed by atoms with E-state index in [0.717, 1.165) is 25.2 Å². The van der Waals surface area contributed by atoms with Crippen molar-refractivity contribution in [2.45, 2.75) is 45.7 Å². The molecule has 0 unspecified atom stereocenters.